The molecule has 0 spiro atoms. The van der Waals surface area contributed by atoms with E-state index in [-0.39, 0.29) is 5.69 Å². The smallest absolute Gasteiger partial charge is 0.389 e. The summed E-state index contributed by atoms with van der Waals surface area (Å²) in [5.41, 5.74) is -0.776. The van der Waals surface area contributed by atoms with Crippen LogP contribution in [0.1, 0.15) is 23.6 Å². The molecule has 0 saturated carbocycles. The molecule has 0 aliphatic rings. The van der Waals surface area contributed by atoms with E-state index in [1.165, 1.54) is 32.2 Å². The number of hydrogen-bond donors (Lipinski definition) is 2. The predicted molar refractivity (Wildman–Crippen MR) is 66.4 cm³/mol. The maximum absolute atomic E-state index is 12.8. The second kappa shape index (κ2) is 5.76. The van der Waals surface area contributed by atoms with Gasteiger partial charge in [0.2, 0.25) is 0 Å². The maximum Gasteiger partial charge on any atom is 0.417 e. The first-order valence-corrected chi connectivity index (χ1v) is 5.49. The zero-order valence-corrected chi connectivity index (χ0v) is 10.4. The van der Waals surface area contributed by atoms with E-state index in [2.05, 4.69) is 5.32 Å². The van der Waals surface area contributed by atoms with E-state index >= 15 is 0 Å². The second-order valence-corrected chi connectivity index (χ2v) is 3.94. The third kappa shape index (κ3) is 3.73. The summed E-state index contributed by atoms with van der Waals surface area (Å²) in [5.74, 6) is 0. The lowest BCUT2D eigenvalue weighted by molar-refractivity contribution is -0.137. The lowest BCUT2D eigenvalue weighted by atomic mass is 10.0. The fourth-order valence-corrected chi connectivity index (χ4v) is 1.54. The van der Waals surface area contributed by atoms with Gasteiger partial charge in [-0.05, 0) is 24.6 Å². The number of hydrogen-bond acceptors (Lipinski definition) is 3. The van der Waals surface area contributed by atoms with Crippen molar-refractivity contribution in [1.29, 1.82) is 5.26 Å². The zero-order valence-electron chi connectivity index (χ0n) is 10.4. The summed E-state index contributed by atoms with van der Waals surface area (Å²) in [6.07, 6.45) is -2.41. The molecule has 6 heteroatoms. The quantitative estimate of drug-likeness (QED) is 0.887. The minimum absolute atomic E-state index is 0.239. The van der Waals surface area contributed by atoms with E-state index in [0.29, 0.717) is 5.56 Å². The highest BCUT2D eigenvalue weighted by Crippen LogP contribution is 2.35. The Morgan fingerprint density at radius 3 is 2.47 bits per heavy atom. The van der Waals surface area contributed by atoms with Gasteiger partial charge in [-0.2, -0.15) is 18.4 Å². The number of benzene rings is 1. The van der Waals surface area contributed by atoms with Crippen molar-refractivity contribution in [2.45, 2.75) is 19.2 Å². The van der Waals surface area contributed by atoms with Crippen molar-refractivity contribution in [2.24, 2.45) is 0 Å². The Labute approximate surface area is 109 Å². The molecule has 1 rings (SSSR count). The molecule has 0 aliphatic heterocycles. The fraction of sp³-hybridized carbons (Fsp3) is 0.308. The summed E-state index contributed by atoms with van der Waals surface area (Å²) < 4.78 is 38.3. The van der Waals surface area contributed by atoms with Crippen molar-refractivity contribution < 1.29 is 18.3 Å². The van der Waals surface area contributed by atoms with Crippen LogP contribution in [-0.4, -0.2) is 18.3 Å². The predicted octanol–water partition coefficient (Wildman–Crippen LogP) is 3.01. The monoisotopic (exact) mass is 270 g/mol. The van der Waals surface area contributed by atoms with Crippen LogP contribution in [0.3, 0.4) is 0 Å². The van der Waals surface area contributed by atoms with Gasteiger partial charge in [0.15, 0.2) is 0 Å². The van der Waals surface area contributed by atoms with Crippen LogP contribution in [0.15, 0.2) is 18.2 Å². The van der Waals surface area contributed by atoms with E-state index < -0.39 is 23.4 Å². The maximum atomic E-state index is 12.8. The number of rotatable bonds is 3. The minimum atomic E-state index is -4.58. The highest BCUT2D eigenvalue weighted by atomic mass is 19.4. The number of aliphatic hydroxyl groups is 1. The highest BCUT2D eigenvalue weighted by Gasteiger charge is 2.34. The Balaban J connectivity index is 3.41. The molecule has 0 aliphatic carbocycles. The number of anilines is 1. The topological polar surface area (TPSA) is 56.0 Å². The van der Waals surface area contributed by atoms with E-state index in [1.807, 2.05) is 0 Å². The van der Waals surface area contributed by atoms with Crippen LogP contribution in [0.2, 0.25) is 0 Å². The van der Waals surface area contributed by atoms with Gasteiger partial charge in [0.05, 0.1) is 23.3 Å². The molecule has 0 amide bonds. The molecule has 1 unspecified atom stereocenters. The largest absolute Gasteiger partial charge is 0.417 e. The van der Waals surface area contributed by atoms with Crippen LogP contribution in [0.4, 0.5) is 18.9 Å². The standard InChI is InChI=1S/C13H13F3N2O/c1-8(19)3-4-9-5-10(7-17)11(13(14,15)16)6-12(9)18-2/h3-6,8,18-19H,1-2H3/b4-3+. The Hall–Kier alpha value is -2.00. The van der Waals surface area contributed by atoms with E-state index in [1.54, 1.807) is 0 Å². The van der Waals surface area contributed by atoms with Gasteiger partial charge in [-0.3, -0.25) is 0 Å². The number of nitriles is 1. The molecule has 3 nitrogen and oxygen atoms in total. The van der Waals surface area contributed by atoms with Gasteiger partial charge in [0.25, 0.3) is 0 Å². The Morgan fingerprint density at radius 1 is 1.42 bits per heavy atom. The van der Waals surface area contributed by atoms with Crippen molar-refractivity contribution in [2.75, 3.05) is 12.4 Å². The lowest BCUT2D eigenvalue weighted by Gasteiger charge is -2.13. The first kappa shape index (κ1) is 15.1. The van der Waals surface area contributed by atoms with Crippen LogP contribution < -0.4 is 5.32 Å². The van der Waals surface area contributed by atoms with Gasteiger partial charge >= 0.3 is 6.18 Å². The van der Waals surface area contributed by atoms with Crippen LogP contribution in [0.5, 0.6) is 0 Å². The Bertz CT molecular complexity index is 528. The molecule has 1 atom stereocenters. The first-order valence-electron chi connectivity index (χ1n) is 5.49. The van der Waals surface area contributed by atoms with Crippen molar-refractivity contribution in [3.05, 3.63) is 34.9 Å². The van der Waals surface area contributed by atoms with Gasteiger partial charge in [-0.25, -0.2) is 0 Å². The molecule has 2 N–H and O–H groups in total. The fourth-order valence-electron chi connectivity index (χ4n) is 1.54. The zero-order chi connectivity index (χ0) is 14.6. The summed E-state index contributed by atoms with van der Waals surface area (Å²) in [7, 11) is 1.49. The third-order valence-electron chi connectivity index (χ3n) is 2.44. The molecule has 0 aromatic heterocycles. The van der Waals surface area contributed by atoms with E-state index in [4.69, 9.17) is 10.4 Å². The van der Waals surface area contributed by atoms with Crippen LogP contribution in [0, 0.1) is 11.3 Å². The van der Waals surface area contributed by atoms with Crippen LogP contribution in [0.25, 0.3) is 6.08 Å². The SMILES string of the molecule is CNc1cc(C(F)(F)F)c(C#N)cc1/C=C/C(C)O. The first-order chi connectivity index (χ1) is 8.79. The summed E-state index contributed by atoms with van der Waals surface area (Å²) in [6.45, 7) is 1.52. The molecule has 1 aromatic carbocycles. The van der Waals surface area contributed by atoms with Gasteiger partial charge in [0, 0.05) is 12.7 Å². The van der Waals surface area contributed by atoms with Crippen molar-refractivity contribution in [3.8, 4) is 6.07 Å². The summed E-state index contributed by atoms with van der Waals surface area (Å²) >= 11 is 0. The molecular formula is C13H13F3N2O. The molecule has 0 heterocycles. The Kier molecular flexibility index (Phi) is 4.57. The Morgan fingerprint density at radius 2 is 2.05 bits per heavy atom. The van der Waals surface area contributed by atoms with Crippen LogP contribution >= 0.6 is 0 Å². The van der Waals surface area contributed by atoms with Gasteiger partial charge in [0.1, 0.15) is 0 Å². The summed E-state index contributed by atoms with van der Waals surface area (Å²) in [5, 5.41) is 20.6. The highest BCUT2D eigenvalue weighted by molar-refractivity contribution is 5.70. The van der Waals surface area contributed by atoms with Gasteiger partial charge in [-0.1, -0.05) is 12.2 Å². The number of alkyl halides is 3. The molecule has 19 heavy (non-hydrogen) atoms. The average molecular weight is 270 g/mol. The molecule has 0 radical (unpaired) electrons. The molecule has 0 bridgehead atoms. The van der Waals surface area contributed by atoms with Gasteiger partial charge < -0.3 is 10.4 Å². The van der Waals surface area contributed by atoms with E-state index in [9.17, 15) is 13.2 Å². The number of nitrogens with zero attached hydrogens (tertiary/aromatic N) is 1. The van der Waals surface area contributed by atoms with E-state index in [0.717, 1.165) is 12.1 Å². The number of aliphatic hydroxyl groups excluding tert-OH is 1. The van der Waals surface area contributed by atoms with Gasteiger partial charge in [-0.15, -0.1) is 0 Å². The average Bonchev–Trinajstić information content (AvgIpc) is 2.33. The summed E-state index contributed by atoms with van der Waals surface area (Å²) in [4.78, 5) is 0. The number of halogens is 3. The minimum Gasteiger partial charge on any atom is -0.389 e. The third-order valence-corrected chi connectivity index (χ3v) is 2.44. The normalized spacial score (nSPS) is 13.3. The number of nitrogens with one attached hydrogen (secondary N) is 1. The van der Waals surface area contributed by atoms with Crippen molar-refractivity contribution >= 4 is 11.8 Å². The molecule has 1 aromatic rings. The molecule has 0 saturated heterocycles. The summed E-state index contributed by atoms with van der Waals surface area (Å²) in [6, 6.07) is 3.57. The second-order valence-electron chi connectivity index (χ2n) is 3.94. The molecule has 102 valence electrons. The lowest BCUT2D eigenvalue weighted by Crippen LogP contribution is -2.09. The van der Waals surface area contributed by atoms with Crippen LogP contribution in [-0.2, 0) is 6.18 Å². The van der Waals surface area contributed by atoms with Crippen molar-refractivity contribution in [3.63, 3.8) is 0 Å². The van der Waals surface area contributed by atoms with Crippen molar-refractivity contribution in [1.82, 2.24) is 0 Å². The molecule has 0 fully saturated rings. The molecular weight excluding hydrogens is 257 g/mol.